The molecule has 0 saturated carbocycles. The van der Waals surface area contributed by atoms with Crippen LogP contribution in [0, 0.1) is 18.7 Å². The summed E-state index contributed by atoms with van der Waals surface area (Å²) in [6, 6.07) is 13.5. The van der Waals surface area contributed by atoms with E-state index in [1.165, 1.54) is 28.8 Å². The fourth-order valence-corrected chi connectivity index (χ4v) is 5.33. The standard InChI is InChI=1S/C33H36FN5O5/c1-18(2)28(38(15-14-35)32(41)21-8-6-20(5)7-9-21)30-37-27-24-16-22(34)10-12-25(24)44-29(27)33(42)39(30)17-23-11-13-26(43-23)31(40)36-19(3)4/h6-13,16,18-19,28H,14-15,17,35H2,1-5H3,(H,36,40). The molecule has 5 aromatic rings. The minimum Gasteiger partial charge on any atom is -0.454 e. The first-order valence-electron chi connectivity index (χ1n) is 14.6. The SMILES string of the molecule is Cc1ccc(C(=O)N(CCN)C(c2nc3c(oc4ccc(F)cc43)c(=O)n2Cc2ccc(C(=O)NC(C)C)o2)C(C)C)cc1. The topological polar surface area (TPSA) is 137 Å². The van der Waals surface area contributed by atoms with Gasteiger partial charge in [0.1, 0.15) is 28.5 Å². The van der Waals surface area contributed by atoms with Gasteiger partial charge in [-0.05, 0) is 69.2 Å². The van der Waals surface area contributed by atoms with Gasteiger partial charge in [-0.25, -0.2) is 9.37 Å². The average molecular weight is 602 g/mol. The van der Waals surface area contributed by atoms with Crippen LogP contribution in [-0.4, -0.2) is 45.4 Å². The number of furan rings is 2. The number of benzene rings is 2. The number of carbonyl (C=O) groups is 2. The monoisotopic (exact) mass is 601 g/mol. The van der Waals surface area contributed by atoms with Gasteiger partial charge >= 0.3 is 0 Å². The highest BCUT2D eigenvalue weighted by molar-refractivity contribution is 6.02. The molecule has 5 rings (SSSR count). The molecule has 10 nitrogen and oxygen atoms in total. The number of nitrogens with one attached hydrogen (secondary N) is 1. The highest BCUT2D eigenvalue weighted by Gasteiger charge is 2.33. The maximum Gasteiger partial charge on any atom is 0.297 e. The lowest BCUT2D eigenvalue weighted by Crippen LogP contribution is -2.43. The minimum atomic E-state index is -0.721. The molecule has 0 radical (unpaired) electrons. The zero-order chi connectivity index (χ0) is 31.7. The summed E-state index contributed by atoms with van der Waals surface area (Å²) in [4.78, 5) is 47.2. The number of carbonyl (C=O) groups excluding carboxylic acids is 2. The molecule has 0 saturated heterocycles. The van der Waals surface area contributed by atoms with Crippen LogP contribution in [0.5, 0.6) is 0 Å². The predicted octanol–water partition coefficient (Wildman–Crippen LogP) is 5.17. The Labute approximate surface area is 253 Å². The molecule has 3 aromatic heterocycles. The molecule has 2 amide bonds. The number of hydrogen-bond donors (Lipinski definition) is 2. The second-order valence-corrected chi connectivity index (χ2v) is 11.5. The fraction of sp³-hybridized carbons (Fsp3) is 0.333. The maximum atomic E-state index is 14.3. The Balaban J connectivity index is 1.71. The van der Waals surface area contributed by atoms with Gasteiger partial charge in [0.05, 0.1) is 12.6 Å². The summed E-state index contributed by atoms with van der Waals surface area (Å²) in [7, 11) is 0. The molecule has 1 unspecified atom stereocenters. The van der Waals surface area contributed by atoms with E-state index in [0.717, 1.165) is 5.56 Å². The second-order valence-electron chi connectivity index (χ2n) is 11.5. The van der Waals surface area contributed by atoms with Gasteiger partial charge in [0, 0.05) is 30.1 Å². The molecule has 230 valence electrons. The normalized spacial score (nSPS) is 12.4. The van der Waals surface area contributed by atoms with Gasteiger partial charge in [0.2, 0.25) is 5.58 Å². The number of halogens is 1. The van der Waals surface area contributed by atoms with E-state index in [1.54, 1.807) is 23.1 Å². The highest BCUT2D eigenvalue weighted by atomic mass is 19.1. The zero-order valence-electron chi connectivity index (χ0n) is 25.4. The molecule has 0 aliphatic rings. The average Bonchev–Trinajstić information content (AvgIpc) is 3.59. The molecule has 0 spiro atoms. The lowest BCUT2D eigenvalue weighted by atomic mass is 9.99. The van der Waals surface area contributed by atoms with Crippen molar-refractivity contribution in [1.82, 2.24) is 19.8 Å². The summed E-state index contributed by atoms with van der Waals surface area (Å²) in [5.74, 6) is -0.725. The molecular weight excluding hydrogens is 565 g/mol. The molecule has 0 fully saturated rings. The Morgan fingerprint density at radius 3 is 2.43 bits per heavy atom. The van der Waals surface area contributed by atoms with Crippen molar-refractivity contribution < 1.29 is 22.8 Å². The van der Waals surface area contributed by atoms with Crippen LogP contribution in [0.4, 0.5) is 4.39 Å². The van der Waals surface area contributed by atoms with Gasteiger partial charge in [-0.1, -0.05) is 31.5 Å². The van der Waals surface area contributed by atoms with Crippen LogP contribution in [0.2, 0.25) is 0 Å². The molecule has 0 aliphatic heterocycles. The molecule has 3 heterocycles. The number of rotatable bonds is 10. The van der Waals surface area contributed by atoms with Crippen LogP contribution >= 0.6 is 0 Å². The van der Waals surface area contributed by atoms with Crippen molar-refractivity contribution in [2.45, 2.75) is 53.2 Å². The van der Waals surface area contributed by atoms with E-state index in [2.05, 4.69) is 5.32 Å². The van der Waals surface area contributed by atoms with E-state index in [9.17, 15) is 18.8 Å². The van der Waals surface area contributed by atoms with Crippen molar-refractivity contribution in [2.24, 2.45) is 11.7 Å². The zero-order valence-corrected chi connectivity index (χ0v) is 25.4. The highest BCUT2D eigenvalue weighted by Crippen LogP contribution is 2.33. The minimum absolute atomic E-state index is 0.0589. The van der Waals surface area contributed by atoms with Crippen LogP contribution in [0.25, 0.3) is 22.1 Å². The van der Waals surface area contributed by atoms with Gasteiger partial charge in [0.15, 0.2) is 5.76 Å². The van der Waals surface area contributed by atoms with Gasteiger partial charge in [-0.3, -0.25) is 19.0 Å². The van der Waals surface area contributed by atoms with Crippen molar-refractivity contribution in [3.63, 3.8) is 0 Å². The Bertz CT molecular complexity index is 1890. The first kappa shape index (κ1) is 30.7. The summed E-state index contributed by atoms with van der Waals surface area (Å²) in [6.07, 6.45) is 0. The molecule has 3 N–H and O–H groups in total. The number of nitrogens with two attached hydrogens (primary N) is 1. The quantitative estimate of drug-likeness (QED) is 0.225. The van der Waals surface area contributed by atoms with E-state index < -0.39 is 17.4 Å². The predicted molar refractivity (Wildman–Crippen MR) is 165 cm³/mol. The summed E-state index contributed by atoms with van der Waals surface area (Å²) in [6.45, 7) is 9.71. The number of amides is 2. The largest absolute Gasteiger partial charge is 0.454 e. The van der Waals surface area contributed by atoms with Crippen molar-refractivity contribution >= 4 is 33.9 Å². The summed E-state index contributed by atoms with van der Waals surface area (Å²) in [5.41, 5.74) is 7.38. The van der Waals surface area contributed by atoms with E-state index in [-0.39, 0.29) is 66.1 Å². The van der Waals surface area contributed by atoms with E-state index in [1.807, 2.05) is 46.8 Å². The van der Waals surface area contributed by atoms with Crippen molar-refractivity contribution in [3.8, 4) is 0 Å². The molecule has 44 heavy (non-hydrogen) atoms. The van der Waals surface area contributed by atoms with Crippen molar-refractivity contribution in [1.29, 1.82) is 0 Å². The molecule has 0 bridgehead atoms. The third-order valence-electron chi connectivity index (χ3n) is 7.35. The fourth-order valence-electron chi connectivity index (χ4n) is 5.33. The van der Waals surface area contributed by atoms with Gasteiger partial charge < -0.3 is 24.8 Å². The van der Waals surface area contributed by atoms with E-state index in [0.29, 0.717) is 22.3 Å². The Hall–Kier alpha value is -4.77. The Morgan fingerprint density at radius 2 is 1.77 bits per heavy atom. The number of aromatic nitrogens is 2. The second kappa shape index (κ2) is 12.5. The molecule has 11 heteroatoms. The van der Waals surface area contributed by atoms with Gasteiger partial charge in [-0.15, -0.1) is 0 Å². The van der Waals surface area contributed by atoms with Gasteiger partial charge in [-0.2, -0.15) is 0 Å². The lowest BCUT2D eigenvalue weighted by Gasteiger charge is -2.35. The smallest absolute Gasteiger partial charge is 0.297 e. The number of nitrogens with zero attached hydrogens (tertiary/aromatic N) is 3. The van der Waals surface area contributed by atoms with E-state index >= 15 is 0 Å². The third kappa shape index (κ3) is 6.00. The van der Waals surface area contributed by atoms with Gasteiger partial charge in [0.25, 0.3) is 17.4 Å². The summed E-state index contributed by atoms with van der Waals surface area (Å²) >= 11 is 0. The molecule has 2 aromatic carbocycles. The maximum absolute atomic E-state index is 14.3. The molecule has 0 aliphatic carbocycles. The number of hydrogen-bond acceptors (Lipinski definition) is 7. The van der Waals surface area contributed by atoms with Crippen LogP contribution in [0.15, 0.2) is 68.2 Å². The van der Waals surface area contributed by atoms with E-state index in [4.69, 9.17) is 19.6 Å². The first-order chi connectivity index (χ1) is 21.0. The molecule has 1 atom stereocenters. The summed E-state index contributed by atoms with van der Waals surface area (Å²) < 4.78 is 27.4. The van der Waals surface area contributed by atoms with Crippen LogP contribution in [0.3, 0.4) is 0 Å². The summed E-state index contributed by atoms with van der Waals surface area (Å²) in [5, 5.41) is 3.12. The van der Waals surface area contributed by atoms with Crippen LogP contribution in [-0.2, 0) is 6.54 Å². The first-order valence-corrected chi connectivity index (χ1v) is 14.6. The number of aryl methyl sites for hydroxylation is 1. The van der Waals surface area contributed by atoms with Crippen LogP contribution < -0.4 is 16.6 Å². The Kier molecular flexibility index (Phi) is 8.68. The molecular formula is C33H36FN5O5. The van der Waals surface area contributed by atoms with Crippen molar-refractivity contribution in [3.05, 3.63) is 99.2 Å². The Morgan fingerprint density at radius 1 is 1.05 bits per heavy atom. The van der Waals surface area contributed by atoms with Crippen LogP contribution in [0.1, 0.15) is 71.8 Å². The lowest BCUT2D eigenvalue weighted by molar-refractivity contribution is 0.0611. The third-order valence-corrected chi connectivity index (χ3v) is 7.35. The number of fused-ring (bicyclic) bond motifs is 3. The van der Waals surface area contributed by atoms with Crippen molar-refractivity contribution in [2.75, 3.05) is 13.1 Å².